The van der Waals surface area contributed by atoms with E-state index >= 15 is 0 Å². The topological polar surface area (TPSA) is 93.0 Å². The molecule has 2 heterocycles. The van der Waals surface area contributed by atoms with Crippen molar-refractivity contribution in [1.29, 1.82) is 0 Å². The number of rotatable bonds is 10. The lowest BCUT2D eigenvalue weighted by Gasteiger charge is -2.25. The van der Waals surface area contributed by atoms with Gasteiger partial charge in [0.2, 0.25) is 0 Å². The zero-order valence-corrected chi connectivity index (χ0v) is 23.4. The van der Waals surface area contributed by atoms with Gasteiger partial charge in [0, 0.05) is 36.8 Å². The lowest BCUT2D eigenvalue weighted by atomic mass is 9.98. The van der Waals surface area contributed by atoms with Crippen LogP contribution in [-0.2, 0) is 29.2 Å². The Morgan fingerprint density at radius 1 is 0.881 bits per heavy atom. The van der Waals surface area contributed by atoms with E-state index in [1.165, 1.54) is 16.7 Å². The molecule has 0 unspecified atom stereocenters. The van der Waals surface area contributed by atoms with Gasteiger partial charge in [0.05, 0.1) is 26.4 Å². The third kappa shape index (κ3) is 8.31. The number of nitrogens with zero attached hydrogens (tertiary/aromatic N) is 2. The average Bonchev–Trinajstić information content (AvgIpc) is 3.05. The molecule has 0 atom stereocenters. The van der Waals surface area contributed by atoms with Crippen LogP contribution in [0.1, 0.15) is 11.1 Å². The summed E-state index contributed by atoms with van der Waals surface area (Å²) in [5.41, 5.74) is 5.17. The number of carbonyl (C=O) groups is 2. The van der Waals surface area contributed by atoms with Gasteiger partial charge in [0.1, 0.15) is 5.75 Å². The number of anilines is 1. The van der Waals surface area contributed by atoms with Crippen molar-refractivity contribution < 1.29 is 28.4 Å². The minimum Gasteiger partial charge on any atom is -0.493 e. The number of carbonyl (C=O) groups excluding carboxylic acids is 2. The van der Waals surface area contributed by atoms with Gasteiger partial charge in [-0.2, -0.15) is 4.57 Å². The number of pyridine rings is 1. The highest BCUT2D eigenvalue weighted by molar-refractivity contribution is 5.89. The summed E-state index contributed by atoms with van der Waals surface area (Å²) in [7, 11) is 0. The number of nitrogens with one attached hydrogen (secondary N) is 2. The minimum atomic E-state index is -0.362. The average molecular weight is 568 g/mol. The third-order valence-electron chi connectivity index (χ3n) is 6.83. The Bertz CT molecular complexity index is 1460. The highest BCUT2D eigenvalue weighted by Gasteiger charge is 2.19. The standard InChI is InChI=1S/C33H34N4O5/c38-32(34-23-26-7-6-17-36(24-26)25-42-33(39)37-18-21-40-22-19-37)35-29-12-14-30(15-13-29)41-20-16-28-10-4-5-11-31(28)27-8-2-1-3-9-27/h1-15,17,24H,16,18-23,25H2,(H-,34,35,38)/p+1. The second kappa shape index (κ2) is 14.7. The summed E-state index contributed by atoms with van der Waals surface area (Å²) in [4.78, 5) is 26.3. The van der Waals surface area contributed by atoms with Crippen LogP contribution >= 0.6 is 0 Å². The predicted molar refractivity (Wildman–Crippen MR) is 159 cm³/mol. The quantitative estimate of drug-likeness (QED) is 0.263. The first-order valence-electron chi connectivity index (χ1n) is 14.0. The summed E-state index contributed by atoms with van der Waals surface area (Å²) >= 11 is 0. The van der Waals surface area contributed by atoms with Gasteiger partial charge >= 0.3 is 12.1 Å². The summed E-state index contributed by atoms with van der Waals surface area (Å²) < 4.78 is 18.4. The molecule has 42 heavy (non-hydrogen) atoms. The maximum atomic E-state index is 12.5. The van der Waals surface area contributed by atoms with Gasteiger partial charge in [-0.05, 0) is 47.0 Å². The highest BCUT2D eigenvalue weighted by atomic mass is 16.6. The van der Waals surface area contributed by atoms with Gasteiger partial charge < -0.3 is 29.7 Å². The maximum Gasteiger partial charge on any atom is 0.414 e. The lowest BCUT2D eigenvalue weighted by Crippen LogP contribution is -2.44. The lowest BCUT2D eigenvalue weighted by molar-refractivity contribution is -0.727. The van der Waals surface area contributed by atoms with Crippen LogP contribution in [0.5, 0.6) is 5.75 Å². The third-order valence-corrected chi connectivity index (χ3v) is 6.83. The van der Waals surface area contributed by atoms with E-state index in [-0.39, 0.29) is 18.9 Å². The van der Waals surface area contributed by atoms with Crippen molar-refractivity contribution in [3.05, 3.63) is 115 Å². The number of morpholine rings is 1. The molecule has 9 heteroatoms. The van der Waals surface area contributed by atoms with Crippen molar-refractivity contribution in [3.8, 4) is 16.9 Å². The maximum absolute atomic E-state index is 12.5. The normalized spacial score (nSPS) is 12.8. The van der Waals surface area contributed by atoms with E-state index in [1.54, 1.807) is 9.47 Å². The monoisotopic (exact) mass is 567 g/mol. The largest absolute Gasteiger partial charge is 0.493 e. The van der Waals surface area contributed by atoms with Crippen LogP contribution in [0.4, 0.5) is 15.3 Å². The number of hydrogen-bond donors (Lipinski definition) is 2. The Labute approximate surface area is 245 Å². The molecule has 0 saturated carbocycles. The zero-order valence-electron chi connectivity index (χ0n) is 23.4. The molecule has 1 aromatic heterocycles. The van der Waals surface area contributed by atoms with Gasteiger partial charge in [-0.3, -0.25) is 0 Å². The minimum absolute atomic E-state index is 0.0875. The van der Waals surface area contributed by atoms with Crippen molar-refractivity contribution in [2.45, 2.75) is 19.7 Å². The van der Waals surface area contributed by atoms with Crippen molar-refractivity contribution in [1.82, 2.24) is 10.2 Å². The van der Waals surface area contributed by atoms with Gasteiger partial charge in [-0.1, -0.05) is 54.6 Å². The van der Waals surface area contributed by atoms with Gasteiger partial charge in [0.15, 0.2) is 12.4 Å². The molecule has 2 N–H and O–H groups in total. The summed E-state index contributed by atoms with van der Waals surface area (Å²) in [5, 5.41) is 5.69. The van der Waals surface area contributed by atoms with E-state index < -0.39 is 0 Å². The number of ether oxygens (including phenoxy) is 3. The van der Waals surface area contributed by atoms with Gasteiger partial charge in [-0.15, -0.1) is 0 Å². The predicted octanol–water partition coefficient (Wildman–Crippen LogP) is 5.01. The second-order valence-corrected chi connectivity index (χ2v) is 9.82. The number of aromatic nitrogens is 1. The fraction of sp³-hybridized carbons (Fsp3) is 0.242. The molecule has 1 saturated heterocycles. The molecule has 0 aliphatic carbocycles. The molecule has 0 spiro atoms. The van der Waals surface area contributed by atoms with Crippen molar-refractivity contribution in [2.75, 3.05) is 38.2 Å². The Hall–Kier alpha value is -4.89. The number of urea groups is 1. The van der Waals surface area contributed by atoms with E-state index in [9.17, 15) is 9.59 Å². The molecule has 0 radical (unpaired) electrons. The Morgan fingerprint density at radius 3 is 2.45 bits per heavy atom. The van der Waals surface area contributed by atoms with E-state index in [4.69, 9.17) is 14.2 Å². The van der Waals surface area contributed by atoms with Crippen molar-refractivity contribution >= 4 is 17.8 Å². The molecule has 1 aliphatic rings. The molecule has 1 fully saturated rings. The fourth-order valence-corrected chi connectivity index (χ4v) is 4.64. The van der Waals surface area contributed by atoms with Crippen molar-refractivity contribution in [2.24, 2.45) is 0 Å². The van der Waals surface area contributed by atoms with E-state index in [0.29, 0.717) is 45.1 Å². The number of hydrogen-bond acceptors (Lipinski definition) is 5. The second-order valence-electron chi connectivity index (χ2n) is 9.82. The molecular formula is C33H35N4O5+. The SMILES string of the molecule is O=C(NCc1ccc[n+](COC(=O)N2CCOCC2)c1)Nc1ccc(OCCc2ccccc2-c2ccccc2)cc1. The van der Waals surface area contributed by atoms with Gasteiger partial charge in [-0.25, -0.2) is 9.59 Å². The summed E-state index contributed by atoms with van der Waals surface area (Å²) in [6.45, 7) is 3.05. The molecular weight excluding hydrogens is 532 g/mol. The first-order chi connectivity index (χ1) is 20.6. The zero-order chi connectivity index (χ0) is 29.0. The van der Waals surface area contributed by atoms with Gasteiger partial charge in [0.25, 0.3) is 6.73 Å². The molecule has 216 valence electrons. The molecule has 1 aliphatic heterocycles. The summed E-state index contributed by atoms with van der Waals surface area (Å²) in [5.74, 6) is 0.737. The van der Waals surface area contributed by atoms with Crippen LogP contribution in [0.25, 0.3) is 11.1 Å². The number of amides is 3. The highest BCUT2D eigenvalue weighted by Crippen LogP contribution is 2.24. The van der Waals surface area contributed by atoms with Crippen LogP contribution in [0.2, 0.25) is 0 Å². The first-order valence-corrected chi connectivity index (χ1v) is 14.0. The Morgan fingerprint density at radius 2 is 1.64 bits per heavy atom. The van der Waals surface area contributed by atoms with E-state index in [1.807, 2.05) is 73.1 Å². The molecule has 3 amide bonds. The van der Waals surface area contributed by atoms with Crippen LogP contribution in [0, 0.1) is 0 Å². The summed E-state index contributed by atoms with van der Waals surface area (Å²) in [6, 6.07) is 29.4. The molecule has 4 aromatic rings. The van der Waals surface area contributed by atoms with Crippen LogP contribution in [0.15, 0.2) is 103 Å². The van der Waals surface area contributed by atoms with Crippen LogP contribution in [-0.4, -0.2) is 49.9 Å². The molecule has 9 nitrogen and oxygen atoms in total. The summed E-state index contributed by atoms with van der Waals surface area (Å²) in [6.07, 6.45) is 4.06. The van der Waals surface area contributed by atoms with E-state index in [2.05, 4.69) is 41.0 Å². The van der Waals surface area contributed by atoms with Crippen molar-refractivity contribution in [3.63, 3.8) is 0 Å². The van der Waals surface area contributed by atoms with E-state index in [0.717, 1.165) is 17.7 Å². The van der Waals surface area contributed by atoms with Crippen LogP contribution < -0.4 is 19.9 Å². The smallest absolute Gasteiger partial charge is 0.414 e. The Kier molecular flexibility index (Phi) is 9.99. The molecule has 3 aromatic carbocycles. The molecule has 0 bridgehead atoms. The Balaban J connectivity index is 1.04. The molecule has 5 rings (SSSR count). The fourth-order valence-electron chi connectivity index (χ4n) is 4.64. The van der Waals surface area contributed by atoms with Crippen LogP contribution in [0.3, 0.4) is 0 Å². The first kappa shape index (κ1) is 28.6. The number of benzene rings is 3.